The molecule has 2 unspecified atom stereocenters. The van der Waals surface area contributed by atoms with Gasteiger partial charge in [-0.3, -0.25) is 9.59 Å². The van der Waals surface area contributed by atoms with Gasteiger partial charge < -0.3 is 5.32 Å². The SMILES string of the molecule is O=C1CC(c2cc(F)ccc2F)C2=C(CC(c3ccc(Cl)c(Cl)c3)CC2=O)N1. The average Bonchev–Trinajstić information content (AvgIpc) is 2.64. The van der Waals surface area contributed by atoms with Crippen LogP contribution >= 0.6 is 23.2 Å². The molecule has 4 rings (SSSR count). The van der Waals surface area contributed by atoms with Gasteiger partial charge in [-0.05, 0) is 53.8 Å². The van der Waals surface area contributed by atoms with Crippen molar-refractivity contribution in [3.05, 3.63) is 80.5 Å². The van der Waals surface area contributed by atoms with Gasteiger partial charge in [0.15, 0.2) is 5.78 Å². The number of nitrogens with one attached hydrogen (secondary N) is 1. The standard InChI is InChI=1S/C21H15Cl2F2NO2/c22-15-3-1-10(5-16(15)23)11-6-18-21(19(27)7-11)14(9-20(28)26-18)13-8-12(24)2-4-17(13)25/h1-5,8,11,14H,6-7,9H2,(H,26,28). The van der Waals surface area contributed by atoms with Gasteiger partial charge in [0.1, 0.15) is 11.6 Å². The molecule has 0 spiro atoms. The molecule has 0 radical (unpaired) electrons. The van der Waals surface area contributed by atoms with Crippen molar-refractivity contribution < 1.29 is 18.4 Å². The Labute approximate surface area is 170 Å². The highest BCUT2D eigenvalue weighted by Gasteiger charge is 2.39. The van der Waals surface area contributed by atoms with Crippen LogP contribution in [-0.4, -0.2) is 11.7 Å². The van der Waals surface area contributed by atoms with Crippen LogP contribution < -0.4 is 5.32 Å². The molecule has 2 aromatic rings. The number of ketones is 1. The van der Waals surface area contributed by atoms with Crippen molar-refractivity contribution in [2.75, 3.05) is 0 Å². The minimum Gasteiger partial charge on any atom is -0.329 e. The summed E-state index contributed by atoms with van der Waals surface area (Å²) < 4.78 is 28.0. The molecule has 0 saturated heterocycles. The number of allylic oxidation sites excluding steroid dienone is 2. The summed E-state index contributed by atoms with van der Waals surface area (Å²) in [7, 11) is 0. The Bertz CT molecular complexity index is 1040. The molecule has 1 N–H and O–H groups in total. The van der Waals surface area contributed by atoms with Crippen molar-refractivity contribution >= 4 is 34.9 Å². The summed E-state index contributed by atoms with van der Waals surface area (Å²) >= 11 is 12.1. The number of halogens is 4. The van der Waals surface area contributed by atoms with E-state index in [-0.39, 0.29) is 36.0 Å². The van der Waals surface area contributed by atoms with Gasteiger partial charge in [0.2, 0.25) is 5.91 Å². The maximum absolute atomic E-state index is 14.3. The number of Topliss-reactive ketones (excluding diaryl/α,β-unsaturated/α-hetero) is 1. The van der Waals surface area contributed by atoms with Crippen LogP contribution in [0.5, 0.6) is 0 Å². The molecule has 2 aromatic carbocycles. The minimum absolute atomic E-state index is 0.0312. The molecule has 144 valence electrons. The van der Waals surface area contributed by atoms with E-state index in [0.29, 0.717) is 27.7 Å². The zero-order chi connectivity index (χ0) is 20.0. The highest BCUT2D eigenvalue weighted by molar-refractivity contribution is 6.42. The van der Waals surface area contributed by atoms with Gasteiger partial charge in [-0.15, -0.1) is 0 Å². The second-order valence-corrected chi connectivity index (χ2v) is 7.88. The van der Waals surface area contributed by atoms with E-state index >= 15 is 0 Å². The number of benzene rings is 2. The largest absolute Gasteiger partial charge is 0.329 e. The molecule has 1 amide bonds. The molecule has 3 nitrogen and oxygen atoms in total. The average molecular weight is 422 g/mol. The molecule has 0 saturated carbocycles. The molecule has 1 heterocycles. The van der Waals surface area contributed by atoms with Crippen molar-refractivity contribution in [3.63, 3.8) is 0 Å². The van der Waals surface area contributed by atoms with Crippen LogP contribution in [0.15, 0.2) is 47.7 Å². The molecule has 7 heteroatoms. The number of hydrogen-bond acceptors (Lipinski definition) is 2. The molecule has 28 heavy (non-hydrogen) atoms. The fourth-order valence-corrected chi connectivity index (χ4v) is 4.32. The van der Waals surface area contributed by atoms with Crippen molar-refractivity contribution in [2.45, 2.75) is 31.1 Å². The van der Waals surface area contributed by atoms with E-state index in [9.17, 15) is 18.4 Å². The second kappa shape index (κ2) is 7.30. The Morgan fingerprint density at radius 1 is 0.929 bits per heavy atom. The third-order valence-electron chi connectivity index (χ3n) is 5.28. The fraction of sp³-hybridized carbons (Fsp3) is 0.238. The first-order valence-corrected chi connectivity index (χ1v) is 9.55. The number of hydrogen-bond donors (Lipinski definition) is 1. The Hall–Kier alpha value is -2.24. The molecule has 1 aliphatic carbocycles. The highest BCUT2D eigenvalue weighted by Crippen LogP contribution is 2.43. The van der Waals surface area contributed by atoms with E-state index in [1.54, 1.807) is 18.2 Å². The zero-order valence-corrected chi connectivity index (χ0v) is 16.1. The van der Waals surface area contributed by atoms with Crippen molar-refractivity contribution in [1.82, 2.24) is 5.32 Å². The first kappa shape index (κ1) is 19.1. The molecule has 0 bridgehead atoms. The second-order valence-electron chi connectivity index (χ2n) is 7.06. The predicted molar refractivity (Wildman–Crippen MR) is 102 cm³/mol. The molecule has 2 aliphatic rings. The van der Waals surface area contributed by atoms with E-state index in [1.165, 1.54) is 0 Å². The molecule has 2 atom stereocenters. The Morgan fingerprint density at radius 3 is 2.46 bits per heavy atom. The van der Waals surface area contributed by atoms with E-state index in [1.807, 2.05) is 0 Å². The molecular formula is C21H15Cl2F2NO2. The van der Waals surface area contributed by atoms with E-state index in [2.05, 4.69) is 5.32 Å². The lowest BCUT2D eigenvalue weighted by molar-refractivity contribution is -0.122. The zero-order valence-electron chi connectivity index (χ0n) is 14.6. The van der Waals surface area contributed by atoms with E-state index < -0.39 is 17.6 Å². The van der Waals surface area contributed by atoms with Crippen LogP contribution in [0.2, 0.25) is 10.0 Å². The van der Waals surface area contributed by atoms with Crippen LogP contribution in [0.3, 0.4) is 0 Å². The summed E-state index contributed by atoms with van der Waals surface area (Å²) in [5.41, 5.74) is 1.70. The van der Waals surface area contributed by atoms with Gasteiger partial charge in [-0.2, -0.15) is 0 Å². The Morgan fingerprint density at radius 2 is 1.71 bits per heavy atom. The molecular weight excluding hydrogens is 407 g/mol. The smallest absolute Gasteiger partial charge is 0.225 e. The van der Waals surface area contributed by atoms with Gasteiger partial charge in [-0.25, -0.2) is 8.78 Å². The summed E-state index contributed by atoms with van der Waals surface area (Å²) in [6.07, 6.45) is 0.501. The summed E-state index contributed by atoms with van der Waals surface area (Å²) in [6, 6.07) is 8.26. The third-order valence-corrected chi connectivity index (χ3v) is 6.02. The third kappa shape index (κ3) is 3.45. The summed E-state index contributed by atoms with van der Waals surface area (Å²) in [6.45, 7) is 0. The first-order valence-electron chi connectivity index (χ1n) is 8.79. The van der Waals surface area contributed by atoms with Crippen molar-refractivity contribution in [3.8, 4) is 0 Å². The molecule has 1 aliphatic heterocycles. The van der Waals surface area contributed by atoms with Gasteiger partial charge in [-0.1, -0.05) is 29.3 Å². The lowest BCUT2D eigenvalue weighted by atomic mass is 9.73. The Kier molecular flexibility index (Phi) is 4.98. The topological polar surface area (TPSA) is 46.2 Å². The van der Waals surface area contributed by atoms with Gasteiger partial charge in [0.05, 0.1) is 10.0 Å². The monoisotopic (exact) mass is 421 g/mol. The maximum Gasteiger partial charge on any atom is 0.225 e. The van der Waals surface area contributed by atoms with Crippen LogP contribution in [0, 0.1) is 11.6 Å². The fourth-order valence-electron chi connectivity index (χ4n) is 4.01. The molecule has 0 fully saturated rings. The Balaban J connectivity index is 1.74. The van der Waals surface area contributed by atoms with E-state index in [0.717, 1.165) is 23.8 Å². The van der Waals surface area contributed by atoms with Crippen LogP contribution in [0.4, 0.5) is 8.78 Å². The lowest BCUT2D eigenvalue weighted by Gasteiger charge is -2.34. The number of carbonyl (C=O) groups is 2. The predicted octanol–water partition coefficient (Wildman–Crippen LogP) is 5.28. The maximum atomic E-state index is 14.3. The van der Waals surface area contributed by atoms with Gasteiger partial charge in [0.25, 0.3) is 0 Å². The minimum atomic E-state index is -0.790. The normalized spacial score (nSPS) is 22.1. The quantitative estimate of drug-likeness (QED) is 0.716. The van der Waals surface area contributed by atoms with Crippen molar-refractivity contribution in [1.29, 1.82) is 0 Å². The number of carbonyl (C=O) groups excluding carboxylic acids is 2. The summed E-state index contributed by atoms with van der Waals surface area (Å²) in [5, 5.41) is 3.56. The summed E-state index contributed by atoms with van der Waals surface area (Å²) in [5.74, 6) is -2.73. The van der Waals surface area contributed by atoms with Crippen LogP contribution in [0.1, 0.15) is 42.2 Å². The van der Waals surface area contributed by atoms with Crippen molar-refractivity contribution in [2.24, 2.45) is 0 Å². The number of rotatable bonds is 2. The van der Waals surface area contributed by atoms with Gasteiger partial charge >= 0.3 is 0 Å². The van der Waals surface area contributed by atoms with Gasteiger partial charge in [0, 0.05) is 30.0 Å². The van der Waals surface area contributed by atoms with Crippen LogP contribution in [0.25, 0.3) is 0 Å². The number of amides is 1. The lowest BCUT2D eigenvalue weighted by Crippen LogP contribution is -2.38. The van der Waals surface area contributed by atoms with E-state index in [4.69, 9.17) is 23.2 Å². The summed E-state index contributed by atoms with van der Waals surface area (Å²) in [4.78, 5) is 25.2. The highest BCUT2D eigenvalue weighted by atomic mass is 35.5. The first-order chi connectivity index (χ1) is 13.3. The molecule has 0 aromatic heterocycles. The van der Waals surface area contributed by atoms with Crippen LogP contribution in [-0.2, 0) is 9.59 Å².